The van der Waals surface area contributed by atoms with Crippen LogP contribution >= 0.6 is 15.9 Å². The second kappa shape index (κ2) is 8.20. The van der Waals surface area contributed by atoms with E-state index in [-0.39, 0.29) is 15.7 Å². The van der Waals surface area contributed by atoms with Crippen molar-refractivity contribution in [1.29, 1.82) is 0 Å². The maximum Gasteiger partial charge on any atom is 0.229 e. The Labute approximate surface area is 166 Å². The van der Waals surface area contributed by atoms with Gasteiger partial charge in [-0.25, -0.2) is 13.4 Å². The molecule has 2 aromatic carbocycles. The summed E-state index contributed by atoms with van der Waals surface area (Å²) in [5.41, 5.74) is 0.381. The number of benzene rings is 2. The molecule has 0 fully saturated rings. The van der Waals surface area contributed by atoms with Gasteiger partial charge < -0.3 is 10.6 Å². The minimum Gasteiger partial charge on any atom is -0.358 e. The smallest absolute Gasteiger partial charge is 0.229 e. The number of terminal acetylenes is 1. The first kappa shape index (κ1) is 18.9. The number of nitrogens with one attached hydrogen (secondary N) is 2. The zero-order valence-corrected chi connectivity index (χ0v) is 16.5. The van der Waals surface area contributed by atoms with Crippen molar-refractivity contribution in [3.63, 3.8) is 0 Å². The van der Waals surface area contributed by atoms with Crippen LogP contribution in [0.1, 0.15) is 0 Å². The number of para-hydroxylation sites is 1. The molecule has 6 nitrogen and oxygen atoms in total. The molecule has 8 heteroatoms. The Balaban J connectivity index is 1.98. The minimum atomic E-state index is -3.69. The first-order valence-corrected chi connectivity index (χ1v) is 10.2. The Morgan fingerprint density at radius 2 is 1.78 bits per heavy atom. The Hall–Kier alpha value is -2.89. The summed E-state index contributed by atoms with van der Waals surface area (Å²) in [5, 5.41) is 5.95. The molecule has 0 saturated carbocycles. The van der Waals surface area contributed by atoms with Crippen molar-refractivity contribution in [2.45, 2.75) is 9.79 Å². The van der Waals surface area contributed by atoms with Crippen molar-refractivity contribution >= 4 is 43.2 Å². The molecule has 0 aliphatic heterocycles. The molecular formula is C19H15BrN4O2S. The molecule has 0 bridgehead atoms. The molecule has 136 valence electrons. The average Bonchev–Trinajstić information content (AvgIpc) is 2.69. The largest absolute Gasteiger partial charge is 0.358 e. The Bertz CT molecular complexity index is 1100. The normalized spacial score (nSPS) is 10.8. The highest BCUT2D eigenvalue weighted by Gasteiger charge is 2.21. The van der Waals surface area contributed by atoms with E-state index in [1.165, 1.54) is 0 Å². The van der Waals surface area contributed by atoms with Crippen LogP contribution in [0.2, 0.25) is 0 Å². The second-order valence-corrected chi connectivity index (χ2v) is 8.16. The summed E-state index contributed by atoms with van der Waals surface area (Å²) in [5.74, 6) is 3.22. The highest BCUT2D eigenvalue weighted by Crippen LogP contribution is 2.29. The van der Waals surface area contributed by atoms with Crippen LogP contribution in [0.15, 0.2) is 75.1 Å². The minimum absolute atomic E-state index is 0.140. The summed E-state index contributed by atoms with van der Waals surface area (Å²) in [6.07, 6.45) is 6.82. The van der Waals surface area contributed by atoms with Crippen molar-refractivity contribution < 1.29 is 8.42 Å². The van der Waals surface area contributed by atoms with E-state index in [4.69, 9.17) is 6.42 Å². The van der Waals surface area contributed by atoms with Crippen LogP contribution in [0.4, 0.5) is 17.5 Å². The molecule has 0 aliphatic rings. The molecule has 1 heterocycles. The molecule has 0 atom stereocenters. The maximum absolute atomic E-state index is 13.0. The highest BCUT2D eigenvalue weighted by molar-refractivity contribution is 9.10. The molecule has 0 radical (unpaired) electrons. The molecule has 1 aromatic heterocycles. The number of aromatic nitrogens is 2. The molecule has 0 spiro atoms. The predicted octanol–water partition coefficient (Wildman–Crippen LogP) is 3.86. The van der Waals surface area contributed by atoms with Crippen LogP contribution < -0.4 is 10.6 Å². The molecule has 27 heavy (non-hydrogen) atoms. The Morgan fingerprint density at radius 1 is 1.07 bits per heavy atom. The number of hydrogen-bond acceptors (Lipinski definition) is 6. The van der Waals surface area contributed by atoms with Crippen LogP contribution in [0.3, 0.4) is 0 Å². The summed E-state index contributed by atoms with van der Waals surface area (Å²) in [6, 6.07) is 14.9. The number of anilines is 3. The van der Waals surface area contributed by atoms with Crippen molar-refractivity contribution in [3.05, 3.63) is 65.3 Å². The Kier molecular flexibility index (Phi) is 5.74. The molecule has 2 N–H and O–H groups in total. The SMILES string of the molecule is C#CCNc1nc(Nc2ccccc2S(=O)(=O)c2ccccc2)ncc1Br. The number of nitrogens with zero attached hydrogens (tertiary/aromatic N) is 2. The summed E-state index contributed by atoms with van der Waals surface area (Å²) >= 11 is 3.34. The van der Waals surface area contributed by atoms with E-state index in [9.17, 15) is 8.42 Å². The van der Waals surface area contributed by atoms with E-state index in [1.54, 1.807) is 60.8 Å². The molecule has 3 aromatic rings. The van der Waals surface area contributed by atoms with E-state index in [2.05, 4.69) is 42.5 Å². The van der Waals surface area contributed by atoms with Crippen molar-refractivity contribution in [1.82, 2.24) is 9.97 Å². The third kappa shape index (κ3) is 4.27. The van der Waals surface area contributed by atoms with Crippen molar-refractivity contribution in [2.75, 3.05) is 17.2 Å². The number of sulfone groups is 1. The lowest BCUT2D eigenvalue weighted by atomic mass is 10.3. The van der Waals surface area contributed by atoms with Gasteiger partial charge in [0.05, 0.1) is 26.5 Å². The third-order valence-electron chi connectivity index (χ3n) is 3.58. The van der Waals surface area contributed by atoms with Crippen LogP contribution in [0, 0.1) is 12.3 Å². The van der Waals surface area contributed by atoms with Gasteiger partial charge in [0.1, 0.15) is 5.82 Å². The summed E-state index contributed by atoms with van der Waals surface area (Å²) in [6.45, 7) is 0.300. The second-order valence-electron chi connectivity index (χ2n) is 5.39. The van der Waals surface area contributed by atoms with E-state index in [0.717, 1.165) is 0 Å². The highest BCUT2D eigenvalue weighted by atomic mass is 79.9. The van der Waals surface area contributed by atoms with Crippen LogP contribution in [-0.4, -0.2) is 24.9 Å². The van der Waals surface area contributed by atoms with Gasteiger partial charge in [0.25, 0.3) is 0 Å². The van der Waals surface area contributed by atoms with E-state index in [1.807, 2.05) is 0 Å². The van der Waals surface area contributed by atoms with Gasteiger partial charge in [0.2, 0.25) is 15.8 Å². The van der Waals surface area contributed by atoms with E-state index >= 15 is 0 Å². The molecule has 0 amide bonds. The molecule has 0 saturated heterocycles. The summed E-state index contributed by atoms with van der Waals surface area (Å²) in [4.78, 5) is 8.87. The standard InChI is InChI=1S/C19H15BrN4O2S/c1-2-12-21-18-15(20)13-22-19(24-18)23-16-10-6-7-11-17(16)27(25,26)14-8-4-3-5-9-14/h1,3-11,13H,12H2,(H2,21,22,23,24). The van der Waals surface area contributed by atoms with Gasteiger partial charge >= 0.3 is 0 Å². The average molecular weight is 443 g/mol. The van der Waals surface area contributed by atoms with E-state index < -0.39 is 9.84 Å². The summed E-state index contributed by atoms with van der Waals surface area (Å²) in [7, 11) is -3.69. The number of halogens is 1. The van der Waals surface area contributed by atoms with Gasteiger partial charge in [-0.05, 0) is 40.2 Å². The maximum atomic E-state index is 13.0. The van der Waals surface area contributed by atoms with Gasteiger partial charge in [0, 0.05) is 6.20 Å². The number of rotatable bonds is 6. The first-order valence-electron chi connectivity index (χ1n) is 7.88. The fourth-order valence-corrected chi connectivity index (χ4v) is 4.10. The zero-order chi connectivity index (χ0) is 19.3. The first-order chi connectivity index (χ1) is 13.0. The van der Waals surface area contributed by atoms with Crippen LogP contribution in [0.5, 0.6) is 0 Å². The lowest BCUT2D eigenvalue weighted by Crippen LogP contribution is -2.08. The van der Waals surface area contributed by atoms with Crippen LogP contribution in [-0.2, 0) is 9.84 Å². The van der Waals surface area contributed by atoms with Crippen LogP contribution in [0.25, 0.3) is 0 Å². The lowest BCUT2D eigenvalue weighted by Gasteiger charge is -2.13. The quantitative estimate of drug-likeness (QED) is 0.563. The van der Waals surface area contributed by atoms with E-state index in [0.29, 0.717) is 22.5 Å². The Morgan fingerprint density at radius 3 is 2.52 bits per heavy atom. The van der Waals surface area contributed by atoms with Gasteiger partial charge in [-0.3, -0.25) is 0 Å². The van der Waals surface area contributed by atoms with Crippen molar-refractivity contribution in [3.8, 4) is 12.3 Å². The fraction of sp³-hybridized carbons (Fsp3) is 0.0526. The van der Waals surface area contributed by atoms with Gasteiger partial charge in [-0.2, -0.15) is 4.98 Å². The lowest BCUT2D eigenvalue weighted by molar-refractivity contribution is 0.596. The zero-order valence-electron chi connectivity index (χ0n) is 14.1. The molecule has 3 rings (SSSR count). The topological polar surface area (TPSA) is 84.0 Å². The molecular weight excluding hydrogens is 428 g/mol. The predicted molar refractivity (Wildman–Crippen MR) is 109 cm³/mol. The molecule has 0 aliphatic carbocycles. The third-order valence-corrected chi connectivity index (χ3v) is 5.99. The number of hydrogen-bond donors (Lipinski definition) is 2. The monoisotopic (exact) mass is 442 g/mol. The van der Waals surface area contributed by atoms with Gasteiger partial charge in [0.15, 0.2) is 0 Å². The van der Waals surface area contributed by atoms with Crippen molar-refractivity contribution in [2.24, 2.45) is 0 Å². The fourth-order valence-electron chi connectivity index (χ4n) is 2.34. The van der Waals surface area contributed by atoms with Gasteiger partial charge in [-0.15, -0.1) is 6.42 Å². The van der Waals surface area contributed by atoms with Gasteiger partial charge in [-0.1, -0.05) is 36.3 Å². The summed E-state index contributed by atoms with van der Waals surface area (Å²) < 4.78 is 26.6. The molecule has 0 unspecified atom stereocenters.